The molecule has 0 amide bonds. The smallest absolute Gasteiger partial charge is 0.268 e. The molecule has 0 unspecified atom stereocenters. The average molecular weight is 342 g/mol. The van der Waals surface area contributed by atoms with E-state index in [-0.39, 0.29) is 5.56 Å². The number of aryl methyl sites for hydroxylation is 2. The molecule has 2 aromatic heterocycles. The summed E-state index contributed by atoms with van der Waals surface area (Å²) in [5, 5.41) is 12.1. The summed E-state index contributed by atoms with van der Waals surface area (Å²) >= 11 is 0. The topological polar surface area (TPSA) is 68.0 Å². The quantitative estimate of drug-likeness (QED) is 0.763. The highest BCUT2D eigenvalue weighted by molar-refractivity contribution is 5.44. The Morgan fingerprint density at radius 3 is 3.08 bits per heavy atom. The van der Waals surface area contributed by atoms with E-state index in [4.69, 9.17) is 0 Å². The van der Waals surface area contributed by atoms with Gasteiger partial charge in [-0.3, -0.25) is 9.48 Å². The van der Waals surface area contributed by atoms with Crippen molar-refractivity contribution in [3.05, 3.63) is 52.7 Å². The van der Waals surface area contributed by atoms with E-state index in [0.717, 1.165) is 50.5 Å². The van der Waals surface area contributed by atoms with Gasteiger partial charge in [-0.05, 0) is 19.3 Å². The van der Waals surface area contributed by atoms with Gasteiger partial charge in [0, 0.05) is 51.1 Å². The van der Waals surface area contributed by atoms with E-state index >= 15 is 0 Å². The minimum Gasteiger partial charge on any atom is -0.370 e. The molecule has 1 aliphatic rings. The maximum Gasteiger partial charge on any atom is 0.268 e. The molecule has 0 aliphatic carbocycles. The second-order valence-electron chi connectivity index (χ2n) is 6.66. The number of nitrogens with one attached hydrogen (secondary N) is 1. The third kappa shape index (κ3) is 4.17. The van der Waals surface area contributed by atoms with Crippen LogP contribution in [-0.4, -0.2) is 39.2 Å². The molecular formula is C18H26N6O. The van der Waals surface area contributed by atoms with Gasteiger partial charge in [0.05, 0.1) is 24.1 Å². The molecule has 0 radical (unpaired) electrons. The number of rotatable bonds is 7. The second-order valence-corrected chi connectivity index (χ2v) is 6.66. The number of anilines is 1. The normalized spacial score (nSPS) is 17.2. The van der Waals surface area contributed by atoms with Gasteiger partial charge in [0.25, 0.3) is 5.56 Å². The Labute approximate surface area is 148 Å². The summed E-state index contributed by atoms with van der Waals surface area (Å²) in [6, 6.07) is 1.67. The summed E-state index contributed by atoms with van der Waals surface area (Å²) < 4.78 is 3.27. The van der Waals surface area contributed by atoms with Crippen molar-refractivity contribution in [3.8, 4) is 0 Å². The van der Waals surface area contributed by atoms with E-state index in [1.807, 2.05) is 17.7 Å². The molecule has 1 N–H and O–H groups in total. The minimum atomic E-state index is -0.0638. The Kier molecular flexibility index (Phi) is 5.33. The Balaban J connectivity index is 1.49. The molecule has 0 aromatic carbocycles. The Morgan fingerprint density at radius 2 is 2.32 bits per heavy atom. The van der Waals surface area contributed by atoms with Crippen molar-refractivity contribution in [2.45, 2.75) is 26.4 Å². The molecule has 0 spiro atoms. The lowest BCUT2D eigenvalue weighted by molar-refractivity contribution is 0.516. The lowest BCUT2D eigenvalue weighted by Crippen LogP contribution is -2.28. The predicted octanol–water partition coefficient (Wildman–Crippen LogP) is 1.09. The largest absolute Gasteiger partial charge is 0.370 e. The van der Waals surface area contributed by atoms with Crippen molar-refractivity contribution in [2.24, 2.45) is 13.0 Å². The van der Waals surface area contributed by atoms with Gasteiger partial charge in [0.2, 0.25) is 0 Å². The van der Waals surface area contributed by atoms with Crippen LogP contribution in [0, 0.1) is 12.8 Å². The van der Waals surface area contributed by atoms with Gasteiger partial charge < -0.3 is 10.2 Å². The zero-order valence-corrected chi connectivity index (χ0v) is 15.0. The van der Waals surface area contributed by atoms with Crippen molar-refractivity contribution >= 4 is 5.69 Å². The SMILES string of the molecule is C=CCn1cc(CNC[C@@H]2CCN(c3cnn(C)c(=O)c3)C2)c(C)n1. The molecule has 25 heavy (non-hydrogen) atoms. The first-order valence-corrected chi connectivity index (χ1v) is 8.69. The van der Waals surface area contributed by atoms with Crippen LogP contribution in [0.15, 0.2) is 35.9 Å². The molecule has 0 saturated carbocycles. The van der Waals surface area contributed by atoms with E-state index in [0.29, 0.717) is 5.92 Å². The molecule has 3 heterocycles. The lowest BCUT2D eigenvalue weighted by atomic mass is 10.1. The van der Waals surface area contributed by atoms with Crippen molar-refractivity contribution < 1.29 is 0 Å². The highest BCUT2D eigenvalue weighted by Crippen LogP contribution is 2.21. The number of nitrogens with zero attached hydrogens (tertiary/aromatic N) is 5. The van der Waals surface area contributed by atoms with Gasteiger partial charge in [-0.2, -0.15) is 10.2 Å². The van der Waals surface area contributed by atoms with Crippen LogP contribution < -0.4 is 15.8 Å². The molecule has 7 nitrogen and oxygen atoms in total. The summed E-state index contributed by atoms with van der Waals surface area (Å²) in [6.45, 7) is 10.2. The van der Waals surface area contributed by atoms with Gasteiger partial charge in [0.1, 0.15) is 0 Å². The maximum atomic E-state index is 11.7. The van der Waals surface area contributed by atoms with Crippen LogP contribution in [0.4, 0.5) is 5.69 Å². The van der Waals surface area contributed by atoms with Crippen molar-refractivity contribution in [1.82, 2.24) is 24.9 Å². The van der Waals surface area contributed by atoms with Crippen LogP contribution in [0.2, 0.25) is 0 Å². The Hall–Kier alpha value is -2.41. The van der Waals surface area contributed by atoms with Crippen LogP contribution in [-0.2, 0) is 20.1 Å². The second kappa shape index (κ2) is 7.65. The molecule has 3 rings (SSSR count). The third-order valence-corrected chi connectivity index (χ3v) is 4.72. The van der Waals surface area contributed by atoms with E-state index in [1.54, 1.807) is 19.3 Å². The number of hydrogen-bond acceptors (Lipinski definition) is 5. The number of hydrogen-bond donors (Lipinski definition) is 1. The molecule has 1 atom stereocenters. The summed E-state index contributed by atoms with van der Waals surface area (Å²) in [7, 11) is 1.67. The van der Waals surface area contributed by atoms with Gasteiger partial charge in [-0.1, -0.05) is 6.08 Å². The minimum absolute atomic E-state index is 0.0638. The maximum absolute atomic E-state index is 11.7. The van der Waals surface area contributed by atoms with Crippen LogP contribution in [0.3, 0.4) is 0 Å². The van der Waals surface area contributed by atoms with Crippen molar-refractivity contribution in [1.29, 1.82) is 0 Å². The average Bonchev–Trinajstić information content (AvgIpc) is 3.18. The predicted molar refractivity (Wildman–Crippen MR) is 98.7 cm³/mol. The fourth-order valence-corrected chi connectivity index (χ4v) is 3.24. The zero-order chi connectivity index (χ0) is 17.8. The first kappa shape index (κ1) is 17.4. The first-order valence-electron chi connectivity index (χ1n) is 8.69. The van der Waals surface area contributed by atoms with E-state index < -0.39 is 0 Å². The van der Waals surface area contributed by atoms with E-state index in [9.17, 15) is 4.79 Å². The Morgan fingerprint density at radius 1 is 1.48 bits per heavy atom. The summed E-state index contributed by atoms with van der Waals surface area (Å²) in [5.74, 6) is 0.576. The number of allylic oxidation sites excluding steroid dienone is 1. The van der Waals surface area contributed by atoms with Gasteiger partial charge in [0.15, 0.2) is 0 Å². The Bertz CT molecular complexity index is 793. The fourth-order valence-electron chi connectivity index (χ4n) is 3.24. The van der Waals surface area contributed by atoms with Gasteiger partial charge >= 0.3 is 0 Å². The summed E-state index contributed by atoms with van der Waals surface area (Å²) in [6.07, 6.45) is 6.82. The first-order chi connectivity index (χ1) is 12.1. The summed E-state index contributed by atoms with van der Waals surface area (Å²) in [5.41, 5.74) is 3.15. The van der Waals surface area contributed by atoms with Crippen molar-refractivity contribution in [3.63, 3.8) is 0 Å². The molecule has 2 aromatic rings. The van der Waals surface area contributed by atoms with Crippen LogP contribution in [0.1, 0.15) is 17.7 Å². The highest BCUT2D eigenvalue weighted by Gasteiger charge is 2.23. The molecule has 0 bridgehead atoms. The van der Waals surface area contributed by atoms with Crippen LogP contribution in [0.25, 0.3) is 0 Å². The zero-order valence-electron chi connectivity index (χ0n) is 15.0. The molecule has 1 fully saturated rings. The third-order valence-electron chi connectivity index (χ3n) is 4.72. The lowest BCUT2D eigenvalue weighted by Gasteiger charge is -2.18. The van der Waals surface area contributed by atoms with E-state index in [1.165, 1.54) is 10.2 Å². The molecule has 134 valence electrons. The van der Waals surface area contributed by atoms with E-state index in [2.05, 4.69) is 33.2 Å². The molecule has 1 aliphatic heterocycles. The molecule has 7 heteroatoms. The highest BCUT2D eigenvalue weighted by atomic mass is 16.1. The number of aromatic nitrogens is 4. The molecule has 1 saturated heterocycles. The monoisotopic (exact) mass is 342 g/mol. The van der Waals surface area contributed by atoms with Gasteiger partial charge in [-0.15, -0.1) is 6.58 Å². The van der Waals surface area contributed by atoms with Crippen LogP contribution >= 0.6 is 0 Å². The standard InChI is InChI=1S/C18H26N6O/c1-4-6-24-13-16(14(2)21-24)10-19-9-15-5-7-23(12-15)17-8-18(25)22(3)20-11-17/h4,8,11,13,15,19H,1,5-7,9-10,12H2,2-3H3/t15-/m0/s1. The summed E-state index contributed by atoms with van der Waals surface area (Å²) in [4.78, 5) is 14.0. The van der Waals surface area contributed by atoms with Crippen molar-refractivity contribution in [2.75, 3.05) is 24.5 Å². The molecular weight excluding hydrogens is 316 g/mol. The van der Waals surface area contributed by atoms with Crippen LogP contribution in [0.5, 0.6) is 0 Å². The van der Waals surface area contributed by atoms with Gasteiger partial charge in [-0.25, -0.2) is 4.68 Å². The fraction of sp³-hybridized carbons (Fsp3) is 0.500.